The lowest BCUT2D eigenvalue weighted by Gasteiger charge is -2.03. The van der Waals surface area contributed by atoms with Gasteiger partial charge in [-0.3, -0.25) is 4.79 Å². The van der Waals surface area contributed by atoms with E-state index in [4.69, 9.17) is 0 Å². The van der Waals surface area contributed by atoms with Crippen molar-refractivity contribution in [3.05, 3.63) is 59.3 Å². The molecule has 0 saturated heterocycles. The molecule has 1 nitrogen and oxygen atoms in total. The van der Waals surface area contributed by atoms with Crippen molar-refractivity contribution in [1.82, 2.24) is 0 Å². The highest BCUT2D eigenvalue weighted by Crippen LogP contribution is 2.11. The second-order valence-corrected chi connectivity index (χ2v) is 5.97. The van der Waals surface area contributed by atoms with Gasteiger partial charge in [-0.1, -0.05) is 67.9 Å². The Bertz CT molecular complexity index is 442. The van der Waals surface area contributed by atoms with E-state index in [0.29, 0.717) is 0 Å². The van der Waals surface area contributed by atoms with Gasteiger partial charge in [-0.05, 0) is 51.2 Å². The van der Waals surface area contributed by atoms with E-state index in [1.54, 1.807) is 6.08 Å². The summed E-state index contributed by atoms with van der Waals surface area (Å²) in [5.74, 6) is 0.794. The minimum atomic E-state index is 0.794. The monoisotopic (exact) mass is 286 g/mol. The van der Waals surface area contributed by atoms with E-state index in [1.165, 1.54) is 30.4 Å². The van der Waals surface area contributed by atoms with Gasteiger partial charge in [0.2, 0.25) is 0 Å². The molecule has 0 bridgehead atoms. The second-order valence-electron chi connectivity index (χ2n) is 5.97. The summed E-state index contributed by atoms with van der Waals surface area (Å²) >= 11 is 0. The van der Waals surface area contributed by atoms with Gasteiger partial charge in [-0.2, -0.15) is 0 Å². The Hall–Kier alpha value is -1.63. The maximum absolute atomic E-state index is 10.3. The average molecular weight is 286 g/mol. The summed E-state index contributed by atoms with van der Waals surface area (Å²) in [5.41, 5.74) is 3.58. The highest BCUT2D eigenvalue weighted by Gasteiger charge is 1.94. The molecule has 0 N–H and O–H groups in total. The first kappa shape index (κ1) is 19.4. The maximum atomic E-state index is 10.3. The zero-order valence-corrected chi connectivity index (χ0v) is 14.2. The SMILES string of the molecule is CC(/C=C/C=C(C)/C=C/C=C(\C)CCCC(C)C)=C\C=O. The van der Waals surface area contributed by atoms with Gasteiger partial charge >= 0.3 is 0 Å². The van der Waals surface area contributed by atoms with Crippen molar-refractivity contribution in [3.8, 4) is 0 Å². The van der Waals surface area contributed by atoms with Crippen molar-refractivity contribution in [2.75, 3.05) is 0 Å². The lowest BCUT2D eigenvalue weighted by Crippen LogP contribution is -1.87. The first-order valence-electron chi connectivity index (χ1n) is 7.76. The second kappa shape index (κ2) is 12.1. The lowest BCUT2D eigenvalue weighted by atomic mass is 10.0. The zero-order chi connectivity index (χ0) is 16.1. The summed E-state index contributed by atoms with van der Waals surface area (Å²) in [7, 11) is 0. The molecular formula is C20H30O. The molecule has 0 saturated carbocycles. The molecule has 0 rings (SSSR count). The van der Waals surface area contributed by atoms with E-state index in [2.05, 4.69) is 45.9 Å². The standard InChI is InChI=1S/C20H30O/c1-17(2)9-6-10-18(3)11-7-12-19(4)13-8-14-20(5)15-16-21/h7-8,11-17H,6,9-10H2,1-5H3/b12-7+,14-8+,18-11+,19-13+,20-15+. The topological polar surface area (TPSA) is 17.1 Å². The van der Waals surface area contributed by atoms with Crippen molar-refractivity contribution >= 4 is 6.29 Å². The molecule has 0 aromatic heterocycles. The van der Waals surface area contributed by atoms with Gasteiger partial charge in [-0.25, -0.2) is 0 Å². The molecule has 0 aromatic carbocycles. The van der Waals surface area contributed by atoms with Crippen LogP contribution in [-0.4, -0.2) is 6.29 Å². The van der Waals surface area contributed by atoms with Crippen LogP contribution in [0.3, 0.4) is 0 Å². The molecule has 116 valence electrons. The Morgan fingerprint density at radius 1 is 0.905 bits per heavy atom. The molecule has 0 aromatic rings. The summed E-state index contributed by atoms with van der Waals surface area (Å²) in [5, 5.41) is 0. The molecule has 0 radical (unpaired) electrons. The Morgan fingerprint density at radius 2 is 1.48 bits per heavy atom. The fraction of sp³-hybridized carbons (Fsp3) is 0.450. The van der Waals surface area contributed by atoms with E-state index >= 15 is 0 Å². The van der Waals surface area contributed by atoms with Gasteiger partial charge in [0, 0.05) is 0 Å². The largest absolute Gasteiger partial charge is 0.299 e. The quantitative estimate of drug-likeness (QED) is 0.290. The van der Waals surface area contributed by atoms with E-state index in [1.807, 2.05) is 25.2 Å². The normalized spacial score (nSPS) is 14.7. The van der Waals surface area contributed by atoms with Gasteiger partial charge in [0.25, 0.3) is 0 Å². The number of carbonyl (C=O) groups excluding carboxylic acids is 1. The van der Waals surface area contributed by atoms with Crippen molar-refractivity contribution in [2.24, 2.45) is 5.92 Å². The van der Waals surface area contributed by atoms with Gasteiger partial charge < -0.3 is 0 Å². The Labute approximate surface area is 130 Å². The zero-order valence-electron chi connectivity index (χ0n) is 14.2. The first-order valence-corrected chi connectivity index (χ1v) is 7.76. The van der Waals surface area contributed by atoms with E-state index < -0.39 is 0 Å². The number of carbonyl (C=O) groups is 1. The van der Waals surface area contributed by atoms with Crippen LogP contribution in [0.25, 0.3) is 0 Å². The first-order chi connectivity index (χ1) is 9.95. The van der Waals surface area contributed by atoms with Crippen LogP contribution in [0.4, 0.5) is 0 Å². The summed E-state index contributed by atoms with van der Waals surface area (Å²) in [6.07, 6.45) is 18.5. The summed E-state index contributed by atoms with van der Waals surface area (Å²) in [6.45, 7) is 10.7. The number of hydrogen-bond donors (Lipinski definition) is 0. The molecule has 21 heavy (non-hydrogen) atoms. The van der Waals surface area contributed by atoms with Crippen LogP contribution in [0, 0.1) is 5.92 Å². The molecule has 0 spiro atoms. The highest BCUT2D eigenvalue weighted by atomic mass is 16.1. The van der Waals surface area contributed by atoms with Crippen molar-refractivity contribution in [2.45, 2.75) is 53.9 Å². The van der Waals surface area contributed by atoms with Crippen LogP contribution in [0.15, 0.2) is 59.3 Å². The smallest absolute Gasteiger partial charge is 0.143 e. The van der Waals surface area contributed by atoms with Crippen molar-refractivity contribution in [1.29, 1.82) is 0 Å². The molecule has 0 aliphatic carbocycles. The molecule has 0 aliphatic rings. The van der Waals surface area contributed by atoms with Gasteiger partial charge in [0.05, 0.1) is 0 Å². The molecule has 0 heterocycles. The Morgan fingerprint density at radius 3 is 2.05 bits per heavy atom. The van der Waals surface area contributed by atoms with Crippen molar-refractivity contribution < 1.29 is 4.79 Å². The van der Waals surface area contributed by atoms with Crippen LogP contribution in [-0.2, 0) is 4.79 Å². The van der Waals surface area contributed by atoms with Gasteiger partial charge in [0.15, 0.2) is 0 Å². The lowest BCUT2D eigenvalue weighted by molar-refractivity contribution is -0.104. The van der Waals surface area contributed by atoms with Crippen LogP contribution in [0.2, 0.25) is 0 Å². The van der Waals surface area contributed by atoms with Crippen LogP contribution in [0.1, 0.15) is 53.9 Å². The fourth-order valence-corrected chi connectivity index (χ4v) is 1.81. The maximum Gasteiger partial charge on any atom is 0.143 e. The van der Waals surface area contributed by atoms with E-state index in [-0.39, 0.29) is 0 Å². The number of hydrogen-bond acceptors (Lipinski definition) is 1. The van der Waals surface area contributed by atoms with Crippen LogP contribution >= 0.6 is 0 Å². The molecule has 0 amide bonds. The molecule has 0 atom stereocenters. The average Bonchev–Trinajstić information content (AvgIpc) is 2.38. The predicted octanol–water partition coefficient (Wildman–Crippen LogP) is 5.96. The molecule has 0 fully saturated rings. The van der Waals surface area contributed by atoms with Gasteiger partial charge in [-0.15, -0.1) is 0 Å². The minimum Gasteiger partial charge on any atom is -0.299 e. The third-order valence-corrected chi connectivity index (χ3v) is 3.14. The number of aldehydes is 1. The van der Waals surface area contributed by atoms with E-state index in [9.17, 15) is 4.79 Å². The summed E-state index contributed by atoms with van der Waals surface area (Å²) in [6, 6.07) is 0. The third-order valence-electron chi connectivity index (χ3n) is 3.14. The number of rotatable bonds is 9. The highest BCUT2D eigenvalue weighted by molar-refractivity contribution is 5.66. The molecule has 1 heteroatoms. The summed E-state index contributed by atoms with van der Waals surface area (Å²) in [4.78, 5) is 10.3. The minimum absolute atomic E-state index is 0.794. The predicted molar refractivity (Wildman–Crippen MR) is 94.3 cm³/mol. The van der Waals surface area contributed by atoms with Crippen molar-refractivity contribution in [3.63, 3.8) is 0 Å². The Balaban J connectivity index is 4.27. The summed E-state index contributed by atoms with van der Waals surface area (Å²) < 4.78 is 0. The van der Waals surface area contributed by atoms with Crippen LogP contribution in [0.5, 0.6) is 0 Å². The number of allylic oxidation sites excluding steroid dienone is 10. The Kier molecular flexibility index (Phi) is 11.2. The molecular weight excluding hydrogens is 256 g/mol. The van der Waals surface area contributed by atoms with Crippen LogP contribution < -0.4 is 0 Å². The third kappa shape index (κ3) is 13.1. The molecule has 0 aliphatic heterocycles. The molecule has 0 unspecified atom stereocenters. The van der Waals surface area contributed by atoms with E-state index in [0.717, 1.165) is 17.8 Å². The van der Waals surface area contributed by atoms with Gasteiger partial charge in [0.1, 0.15) is 6.29 Å². The fourth-order valence-electron chi connectivity index (χ4n) is 1.81.